The highest BCUT2D eigenvalue weighted by molar-refractivity contribution is 5.79. The summed E-state index contributed by atoms with van der Waals surface area (Å²) in [6.45, 7) is 3.96. The summed E-state index contributed by atoms with van der Waals surface area (Å²) < 4.78 is 3.89. The molecular formula is C16H16N6. The van der Waals surface area contributed by atoms with E-state index in [1.54, 1.807) is 0 Å². The molecule has 1 aromatic carbocycles. The Kier molecular flexibility index (Phi) is 2.66. The number of imidazole rings is 2. The zero-order valence-electron chi connectivity index (χ0n) is 12.7. The predicted octanol–water partition coefficient (Wildman–Crippen LogP) is 2.77. The molecule has 0 saturated heterocycles. The number of benzene rings is 1. The lowest BCUT2D eigenvalue weighted by molar-refractivity contribution is 0.854. The van der Waals surface area contributed by atoms with Crippen molar-refractivity contribution in [2.75, 3.05) is 0 Å². The van der Waals surface area contributed by atoms with E-state index in [2.05, 4.69) is 15.1 Å². The number of aryl methyl sites for hydroxylation is 2. The quantitative estimate of drug-likeness (QED) is 0.618. The summed E-state index contributed by atoms with van der Waals surface area (Å²) >= 11 is 0. The monoisotopic (exact) mass is 292 g/mol. The molecule has 22 heavy (non-hydrogen) atoms. The maximum Gasteiger partial charge on any atom is 0.181 e. The largest absolute Gasteiger partial charge is 0.334 e. The number of H-pyrrole nitrogens is 1. The van der Waals surface area contributed by atoms with Crippen molar-refractivity contribution in [2.45, 2.75) is 13.8 Å². The minimum atomic E-state index is 0.809. The van der Waals surface area contributed by atoms with E-state index in [9.17, 15) is 0 Å². The van der Waals surface area contributed by atoms with Crippen LogP contribution in [-0.4, -0.2) is 29.3 Å². The van der Waals surface area contributed by atoms with Crippen LogP contribution in [0.4, 0.5) is 0 Å². The third-order valence-corrected chi connectivity index (χ3v) is 3.96. The Morgan fingerprint density at radius 1 is 1.09 bits per heavy atom. The van der Waals surface area contributed by atoms with Crippen molar-refractivity contribution < 1.29 is 0 Å². The summed E-state index contributed by atoms with van der Waals surface area (Å²) in [5, 5.41) is 4.58. The second-order valence-electron chi connectivity index (χ2n) is 5.37. The first-order valence-electron chi connectivity index (χ1n) is 7.14. The lowest BCUT2D eigenvalue weighted by Crippen LogP contribution is -1.98. The second-order valence-corrected chi connectivity index (χ2v) is 5.37. The maximum absolute atomic E-state index is 4.74. The van der Waals surface area contributed by atoms with Gasteiger partial charge in [-0.2, -0.15) is 5.10 Å². The molecule has 0 atom stereocenters. The Morgan fingerprint density at radius 3 is 2.55 bits per heavy atom. The molecule has 6 heteroatoms. The van der Waals surface area contributed by atoms with Crippen molar-refractivity contribution in [2.24, 2.45) is 7.05 Å². The van der Waals surface area contributed by atoms with Crippen LogP contribution in [-0.2, 0) is 7.05 Å². The highest BCUT2D eigenvalue weighted by atomic mass is 15.3. The van der Waals surface area contributed by atoms with Crippen LogP contribution in [0.25, 0.3) is 28.4 Å². The van der Waals surface area contributed by atoms with Crippen molar-refractivity contribution in [3.05, 3.63) is 48.0 Å². The van der Waals surface area contributed by atoms with Gasteiger partial charge in [0.25, 0.3) is 0 Å². The Bertz CT molecular complexity index is 958. The van der Waals surface area contributed by atoms with Crippen LogP contribution < -0.4 is 0 Å². The first kappa shape index (κ1) is 12.8. The molecule has 0 saturated carbocycles. The Balaban J connectivity index is 1.94. The minimum Gasteiger partial charge on any atom is -0.334 e. The predicted molar refractivity (Wildman–Crippen MR) is 84.9 cm³/mol. The van der Waals surface area contributed by atoms with Gasteiger partial charge in [-0.25, -0.2) is 14.6 Å². The summed E-state index contributed by atoms with van der Waals surface area (Å²) in [5.74, 6) is 1.76. The van der Waals surface area contributed by atoms with E-state index in [1.165, 1.54) is 0 Å². The summed E-state index contributed by atoms with van der Waals surface area (Å²) in [4.78, 5) is 12.4. The number of fused-ring (bicyclic) bond motifs is 1. The number of para-hydroxylation sites is 1. The molecular weight excluding hydrogens is 276 g/mol. The third kappa shape index (κ3) is 1.77. The van der Waals surface area contributed by atoms with Gasteiger partial charge in [-0.3, -0.25) is 0 Å². The van der Waals surface area contributed by atoms with E-state index < -0.39 is 0 Å². The van der Waals surface area contributed by atoms with Gasteiger partial charge in [-0.1, -0.05) is 18.2 Å². The number of nitrogens with one attached hydrogen (secondary N) is 1. The van der Waals surface area contributed by atoms with Crippen LogP contribution in [0.5, 0.6) is 0 Å². The third-order valence-electron chi connectivity index (χ3n) is 3.96. The van der Waals surface area contributed by atoms with E-state index >= 15 is 0 Å². The van der Waals surface area contributed by atoms with Gasteiger partial charge in [0.2, 0.25) is 0 Å². The first-order valence-corrected chi connectivity index (χ1v) is 7.14. The summed E-state index contributed by atoms with van der Waals surface area (Å²) in [6.07, 6.45) is 1.84. The molecule has 4 aromatic rings. The maximum atomic E-state index is 4.74. The fourth-order valence-electron chi connectivity index (χ4n) is 2.61. The molecule has 1 N–H and O–H groups in total. The number of aromatic nitrogens is 6. The van der Waals surface area contributed by atoms with Crippen molar-refractivity contribution in [3.63, 3.8) is 0 Å². The lowest BCUT2D eigenvalue weighted by atomic mass is 10.3. The summed E-state index contributed by atoms with van der Waals surface area (Å²) in [5.41, 5.74) is 4.68. The fourth-order valence-corrected chi connectivity index (χ4v) is 2.61. The van der Waals surface area contributed by atoms with Crippen LogP contribution in [0.2, 0.25) is 0 Å². The van der Waals surface area contributed by atoms with Crippen LogP contribution in [0.1, 0.15) is 11.5 Å². The van der Waals surface area contributed by atoms with Gasteiger partial charge in [0, 0.05) is 7.05 Å². The number of hydrogen-bond donors (Lipinski definition) is 1. The van der Waals surface area contributed by atoms with Gasteiger partial charge in [0.15, 0.2) is 11.5 Å². The van der Waals surface area contributed by atoms with Gasteiger partial charge in [-0.05, 0) is 26.0 Å². The van der Waals surface area contributed by atoms with Gasteiger partial charge in [-0.15, -0.1) is 0 Å². The number of hydrogen-bond acceptors (Lipinski definition) is 3. The van der Waals surface area contributed by atoms with Gasteiger partial charge < -0.3 is 9.55 Å². The smallest absolute Gasteiger partial charge is 0.181 e. The molecule has 3 heterocycles. The Labute approximate surface area is 127 Å². The minimum absolute atomic E-state index is 0.809. The zero-order chi connectivity index (χ0) is 15.3. The average molecular weight is 292 g/mol. The average Bonchev–Trinajstić information content (AvgIpc) is 3.18. The molecule has 110 valence electrons. The van der Waals surface area contributed by atoms with E-state index in [0.717, 1.165) is 39.9 Å². The van der Waals surface area contributed by atoms with Crippen LogP contribution >= 0.6 is 0 Å². The molecule has 0 radical (unpaired) electrons. The molecule has 0 spiro atoms. The van der Waals surface area contributed by atoms with Crippen LogP contribution in [0.15, 0.2) is 36.5 Å². The molecule has 0 aliphatic carbocycles. The Hall–Kier alpha value is -2.89. The number of rotatable bonds is 2. The van der Waals surface area contributed by atoms with Gasteiger partial charge >= 0.3 is 0 Å². The summed E-state index contributed by atoms with van der Waals surface area (Å²) in [6, 6.07) is 10.0. The molecule has 0 bridgehead atoms. The zero-order valence-corrected chi connectivity index (χ0v) is 12.7. The van der Waals surface area contributed by atoms with Crippen molar-refractivity contribution >= 4 is 11.2 Å². The number of aromatic amines is 1. The molecule has 3 aromatic heterocycles. The molecule has 0 fully saturated rings. The van der Waals surface area contributed by atoms with E-state index in [1.807, 2.05) is 66.7 Å². The standard InChI is InChI=1S/C16H16N6/c1-10-14-16(22(20-10)12-7-5-4-6-8-12)19-15(18-14)13-9-17-11(2)21(13)3/h4-9H,1-3H3,(H,18,19). The SMILES string of the molecule is Cc1nn(-c2ccccc2)c2nc(-c3cnc(C)n3C)[nH]c12. The lowest BCUT2D eigenvalue weighted by Gasteiger charge is -2.01. The van der Waals surface area contributed by atoms with Crippen molar-refractivity contribution in [3.8, 4) is 17.2 Å². The van der Waals surface area contributed by atoms with Crippen LogP contribution in [0.3, 0.4) is 0 Å². The Morgan fingerprint density at radius 2 is 1.86 bits per heavy atom. The van der Waals surface area contributed by atoms with Crippen LogP contribution in [0, 0.1) is 13.8 Å². The highest BCUT2D eigenvalue weighted by Gasteiger charge is 2.17. The topological polar surface area (TPSA) is 64.3 Å². The normalized spacial score (nSPS) is 11.4. The van der Waals surface area contributed by atoms with E-state index in [-0.39, 0.29) is 0 Å². The highest BCUT2D eigenvalue weighted by Crippen LogP contribution is 2.24. The van der Waals surface area contributed by atoms with Gasteiger partial charge in [0.1, 0.15) is 17.0 Å². The van der Waals surface area contributed by atoms with E-state index in [4.69, 9.17) is 4.98 Å². The molecule has 4 rings (SSSR count). The molecule has 6 nitrogen and oxygen atoms in total. The van der Waals surface area contributed by atoms with Crippen molar-refractivity contribution in [1.82, 2.24) is 29.3 Å². The molecule has 0 aliphatic heterocycles. The van der Waals surface area contributed by atoms with Crippen molar-refractivity contribution in [1.29, 1.82) is 0 Å². The number of nitrogens with zero attached hydrogens (tertiary/aromatic N) is 5. The summed E-state index contributed by atoms with van der Waals surface area (Å²) in [7, 11) is 1.99. The molecule has 0 unspecified atom stereocenters. The molecule has 0 aliphatic rings. The van der Waals surface area contributed by atoms with Gasteiger partial charge in [0.05, 0.1) is 17.6 Å². The molecule has 0 amide bonds. The van der Waals surface area contributed by atoms with E-state index in [0.29, 0.717) is 0 Å². The first-order chi connectivity index (χ1) is 10.6. The second kappa shape index (κ2) is 4.56. The fraction of sp³-hybridized carbons (Fsp3) is 0.188.